The molecule has 2 aliphatic rings. The monoisotopic (exact) mass is 467 g/mol. The number of benzene rings is 1. The van der Waals surface area contributed by atoms with Gasteiger partial charge in [-0.05, 0) is 113 Å². The number of rotatable bonds is 11. The molecule has 0 aliphatic heterocycles. The average Bonchev–Trinajstić information content (AvgIpc) is 3.65. The molecule has 0 spiro atoms. The molecule has 0 amide bonds. The Hall–Kier alpha value is -1.74. The van der Waals surface area contributed by atoms with E-state index in [9.17, 15) is 9.90 Å². The number of aliphatic imine (C=N–C) groups is 1. The molecule has 3 heteroatoms. The number of nitrogens with zero attached hydrogens (tertiary/aromatic N) is 1. The standard InChI is InChI=1S/C22H29NO.C9H20O/c1-15-12-21(17(3)24)10-11-22(15)14-23-16(2)13-18-4-6-19(7-5-18)20-8-9-20;1-4-7-9(10,6-3)8-5-2/h10-12,14,18-20H,2,4-9,13H2,1,3H3;10H,4-8H2,1-3H3. The molecule has 1 N–H and O–H groups in total. The second-order valence-electron chi connectivity index (χ2n) is 10.9. The van der Waals surface area contributed by atoms with Crippen LogP contribution < -0.4 is 0 Å². The quantitative estimate of drug-likeness (QED) is 0.262. The molecule has 190 valence electrons. The van der Waals surface area contributed by atoms with Crippen LogP contribution in [0.2, 0.25) is 0 Å². The number of aliphatic hydroxyl groups is 1. The van der Waals surface area contributed by atoms with E-state index in [-0.39, 0.29) is 11.4 Å². The van der Waals surface area contributed by atoms with E-state index in [0.717, 1.165) is 78.7 Å². The van der Waals surface area contributed by atoms with Crippen LogP contribution in [-0.4, -0.2) is 22.7 Å². The van der Waals surface area contributed by atoms with Gasteiger partial charge in [0.25, 0.3) is 0 Å². The zero-order chi connectivity index (χ0) is 25.1. The van der Waals surface area contributed by atoms with Crippen molar-refractivity contribution in [2.45, 2.75) is 117 Å². The molecule has 0 heterocycles. The zero-order valence-electron chi connectivity index (χ0n) is 22.5. The third-order valence-electron chi connectivity index (χ3n) is 7.86. The summed E-state index contributed by atoms with van der Waals surface area (Å²) in [6, 6.07) is 5.79. The molecular formula is C31H49NO2. The number of aryl methyl sites for hydroxylation is 1. The molecule has 0 unspecified atom stereocenters. The summed E-state index contributed by atoms with van der Waals surface area (Å²) >= 11 is 0. The van der Waals surface area contributed by atoms with Crippen LogP contribution in [0.3, 0.4) is 0 Å². The Morgan fingerprint density at radius 1 is 1.06 bits per heavy atom. The predicted octanol–water partition coefficient (Wildman–Crippen LogP) is 8.46. The van der Waals surface area contributed by atoms with E-state index in [2.05, 4.69) is 32.3 Å². The third kappa shape index (κ3) is 9.49. The lowest BCUT2D eigenvalue weighted by Gasteiger charge is -2.28. The van der Waals surface area contributed by atoms with Gasteiger partial charge >= 0.3 is 0 Å². The molecule has 0 bridgehead atoms. The highest BCUT2D eigenvalue weighted by atomic mass is 16.3. The topological polar surface area (TPSA) is 49.7 Å². The number of carbonyl (C=O) groups excluding carboxylic acids is 1. The Kier molecular flexibility index (Phi) is 11.7. The van der Waals surface area contributed by atoms with Crippen molar-refractivity contribution in [2.75, 3.05) is 0 Å². The van der Waals surface area contributed by atoms with Gasteiger partial charge in [0.05, 0.1) is 5.60 Å². The lowest BCUT2D eigenvalue weighted by molar-refractivity contribution is 0.0176. The summed E-state index contributed by atoms with van der Waals surface area (Å²) < 4.78 is 0. The number of hydrogen-bond acceptors (Lipinski definition) is 3. The van der Waals surface area contributed by atoms with Gasteiger partial charge in [-0.2, -0.15) is 0 Å². The average molecular weight is 468 g/mol. The number of ketones is 1. The summed E-state index contributed by atoms with van der Waals surface area (Å²) in [5.41, 5.74) is 3.54. The molecule has 0 radical (unpaired) electrons. The van der Waals surface area contributed by atoms with Crippen molar-refractivity contribution >= 4 is 12.0 Å². The van der Waals surface area contributed by atoms with Crippen LogP contribution in [0.15, 0.2) is 35.5 Å². The number of carbonyl (C=O) groups is 1. The first-order valence-corrected chi connectivity index (χ1v) is 13.8. The van der Waals surface area contributed by atoms with Gasteiger partial charge in [0.1, 0.15) is 0 Å². The SMILES string of the molecule is C=C(CC1CCC(C2CC2)CC1)N=Cc1ccc(C(C)=O)cc1C.CCCC(O)(CC)CCC. The van der Waals surface area contributed by atoms with E-state index in [1.807, 2.05) is 31.3 Å². The van der Waals surface area contributed by atoms with Gasteiger partial charge in [-0.15, -0.1) is 0 Å². The lowest BCUT2D eigenvalue weighted by Crippen LogP contribution is -2.26. The largest absolute Gasteiger partial charge is 0.390 e. The summed E-state index contributed by atoms with van der Waals surface area (Å²) in [5.74, 6) is 2.95. The van der Waals surface area contributed by atoms with Crippen molar-refractivity contribution in [3.63, 3.8) is 0 Å². The van der Waals surface area contributed by atoms with Crippen LogP contribution in [0.4, 0.5) is 0 Å². The molecule has 34 heavy (non-hydrogen) atoms. The van der Waals surface area contributed by atoms with Crippen LogP contribution in [-0.2, 0) is 0 Å². The van der Waals surface area contributed by atoms with E-state index in [1.165, 1.54) is 38.5 Å². The Morgan fingerprint density at radius 2 is 1.62 bits per heavy atom. The Morgan fingerprint density at radius 3 is 2.06 bits per heavy atom. The smallest absolute Gasteiger partial charge is 0.159 e. The van der Waals surface area contributed by atoms with Crippen molar-refractivity contribution < 1.29 is 9.90 Å². The molecule has 2 aliphatic carbocycles. The second-order valence-corrected chi connectivity index (χ2v) is 10.9. The molecule has 2 saturated carbocycles. The number of Topliss-reactive ketones (excluding diaryl/α,β-unsaturated/α-hetero) is 1. The molecule has 0 aromatic heterocycles. The van der Waals surface area contributed by atoms with Crippen molar-refractivity contribution in [2.24, 2.45) is 22.7 Å². The highest BCUT2D eigenvalue weighted by Gasteiger charge is 2.33. The van der Waals surface area contributed by atoms with Crippen molar-refractivity contribution in [1.82, 2.24) is 0 Å². The number of hydrogen-bond donors (Lipinski definition) is 1. The first-order chi connectivity index (χ1) is 16.2. The summed E-state index contributed by atoms with van der Waals surface area (Å²) in [7, 11) is 0. The summed E-state index contributed by atoms with van der Waals surface area (Å²) in [5, 5.41) is 9.82. The third-order valence-corrected chi connectivity index (χ3v) is 7.86. The number of allylic oxidation sites excluding steroid dienone is 1. The Labute approximate surface area is 209 Å². The van der Waals surface area contributed by atoms with Gasteiger partial charge in [-0.25, -0.2) is 0 Å². The van der Waals surface area contributed by atoms with Gasteiger partial charge in [0, 0.05) is 17.5 Å². The van der Waals surface area contributed by atoms with E-state index in [0.29, 0.717) is 0 Å². The van der Waals surface area contributed by atoms with E-state index in [4.69, 9.17) is 0 Å². The second kappa shape index (κ2) is 14.0. The summed E-state index contributed by atoms with van der Waals surface area (Å²) in [4.78, 5) is 16.0. The first-order valence-electron chi connectivity index (χ1n) is 13.8. The maximum absolute atomic E-state index is 11.4. The summed E-state index contributed by atoms with van der Waals surface area (Å²) in [6.07, 6.45) is 16.4. The predicted molar refractivity (Wildman–Crippen MR) is 146 cm³/mol. The minimum absolute atomic E-state index is 0.104. The van der Waals surface area contributed by atoms with Gasteiger partial charge in [-0.1, -0.05) is 52.3 Å². The minimum atomic E-state index is -0.358. The fraction of sp³-hybridized carbons (Fsp3) is 0.677. The Balaban J connectivity index is 0.000000347. The fourth-order valence-corrected chi connectivity index (χ4v) is 5.43. The lowest BCUT2D eigenvalue weighted by atomic mass is 9.78. The van der Waals surface area contributed by atoms with Crippen LogP contribution in [0, 0.1) is 24.7 Å². The normalized spacial score (nSPS) is 20.6. The Bertz CT molecular complexity index is 807. The molecule has 0 atom stereocenters. The molecule has 2 fully saturated rings. The van der Waals surface area contributed by atoms with Crippen molar-refractivity contribution in [3.05, 3.63) is 47.2 Å². The van der Waals surface area contributed by atoms with E-state index in [1.54, 1.807) is 6.92 Å². The highest BCUT2D eigenvalue weighted by molar-refractivity contribution is 5.95. The molecular weight excluding hydrogens is 418 g/mol. The van der Waals surface area contributed by atoms with Gasteiger partial charge < -0.3 is 5.11 Å². The van der Waals surface area contributed by atoms with Crippen molar-refractivity contribution in [1.29, 1.82) is 0 Å². The maximum atomic E-state index is 11.4. The maximum Gasteiger partial charge on any atom is 0.159 e. The van der Waals surface area contributed by atoms with Crippen LogP contribution >= 0.6 is 0 Å². The van der Waals surface area contributed by atoms with E-state index < -0.39 is 0 Å². The molecule has 1 aromatic rings. The minimum Gasteiger partial charge on any atom is -0.390 e. The van der Waals surface area contributed by atoms with Gasteiger partial charge in [-0.3, -0.25) is 9.79 Å². The van der Waals surface area contributed by atoms with E-state index >= 15 is 0 Å². The van der Waals surface area contributed by atoms with Crippen LogP contribution in [0.25, 0.3) is 0 Å². The van der Waals surface area contributed by atoms with Gasteiger partial charge in [0.15, 0.2) is 5.78 Å². The molecule has 3 rings (SSSR count). The van der Waals surface area contributed by atoms with Gasteiger partial charge in [0.2, 0.25) is 0 Å². The van der Waals surface area contributed by atoms with Crippen LogP contribution in [0.5, 0.6) is 0 Å². The molecule has 1 aromatic carbocycles. The van der Waals surface area contributed by atoms with Crippen LogP contribution in [0.1, 0.15) is 126 Å². The van der Waals surface area contributed by atoms with Crippen molar-refractivity contribution in [3.8, 4) is 0 Å². The summed E-state index contributed by atoms with van der Waals surface area (Å²) in [6.45, 7) is 14.1. The molecule has 0 saturated heterocycles. The first kappa shape index (κ1) is 28.5. The fourth-order valence-electron chi connectivity index (χ4n) is 5.43. The zero-order valence-corrected chi connectivity index (χ0v) is 22.5. The molecule has 3 nitrogen and oxygen atoms in total. The highest BCUT2D eigenvalue weighted by Crippen LogP contribution is 2.45.